The molecule has 0 amide bonds. The van der Waals surface area contributed by atoms with Crippen molar-refractivity contribution in [2.75, 3.05) is 18.9 Å². The third-order valence-electron chi connectivity index (χ3n) is 2.65. The van der Waals surface area contributed by atoms with E-state index < -0.39 is 10.0 Å². The molecular formula is C14H15ClN2O3S. The highest BCUT2D eigenvalue weighted by atomic mass is 35.5. The van der Waals surface area contributed by atoms with Gasteiger partial charge >= 0.3 is 0 Å². The summed E-state index contributed by atoms with van der Waals surface area (Å²) >= 11 is 5.88. The molecule has 0 aliphatic carbocycles. The molecule has 0 spiro atoms. The highest BCUT2D eigenvalue weighted by Gasteiger charge is 2.17. The second-order valence-electron chi connectivity index (χ2n) is 4.25. The Morgan fingerprint density at radius 2 is 1.86 bits per heavy atom. The molecule has 2 aromatic rings. The molecule has 21 heavy (non-hydrogen) atoms. The van der Waals surface area contributed by atoms with E-state index in [2.05, 4.69) is 4.72 Å². The maximum absolute atomic E-state index is 12.1. The number of nitrogen functional groups attached to an aromatic ring is 1. The van der Waals surface area contributed by atoms with Crippen LogP contribution < -0.4 is 15.2 Å². The van der Waals surface area contributed by atoms with Gasteiger partial charge in [0.15, 0.2) is 0 Å². The third-order valence-corrected chi connectivity index (χ3v) is 4.59. The van der Waals surface area contributed by atoms with Crippen LogP contribution >= 0.6 is 11.6 Å². The van der Waals surface area contributed by atoms with Crippen molar-refractivity contribution in [3.63, 3.8) is 0 Å². The molecule has 2 rings (SSSR count). The van der Waals surface area contributed by atoms with Crippen LogP contribution in [-0.4, -0.2) is 21.6 Å². The number of hydrogen-bond donors (Lipinski definition) is 2. The molecule has 0 atom stereocenters. The number of nitrogens with two attached hydrogens (primary N) is 1. The number of sulfonamides is 1. The normalized spacial score (nSPS) is 11.3. The van der Waals surface area contributed by atoms with Gasteiger partial charge < -0.3 is 10.5 Å². The summed E-state index contributed by atoms with van der Waals surface area (Å²) in [5, 5.41) is 0.126. The molecule has 0 aliphatic rings. The van der Waals surface area contributed by atoms with Gasteiger partial charge in [-0.1, -0.05) is 29.8 Å². The lowest BCUT2D eigenvalue weighted by atomic mass is 10.3. The number of rotatable bonds is 6. The van der Waals surface area contributed by atoms with Gasteiger partial charge in [-0.05, 0) is 30.3 Å². The van der Waals surface area contributed by atoms with E-state index in [1.165, 1.54) is 12.1 Å². The van der Waals surface area contributed by atoms with Gasteiger partial charge in [0.25, 0.3) is 0 Å². The number of halogens is 1. The van der Waals surface area contributed by atoms with Gasteiger partial charge in [0.1, 0.15) is 17.3 Å². The van der Waals surface area contributed by atoms with Crippen molar-refractivity contribution in [3.8, 4) is 5.75 Å². The maximum atomic E-state index is 12.1. The standard InChI is InChI=1S/C14H15ClN2O3S/c15-13-7-6-11(16)10-14(13)21(18,19)17-8-9-20-12-4-2-1-3-5-12/h1-7,10,17H,8-9,16H2. The fourth-order valence-electron chi connectivity index (χ4n) is 1.67. The van der Waals surface area contributed by atoms with E-state index in [4.69, 9.17) is 22.1 Å². The Bertz CT molecular complexity index is 705. The lowest BCUT2D eigenvalue weighted by molar-refractivity contribution is 0.323. The average molecular weight is 327 g/mol. The van der Waals surface area contributed by atoms with Gasteiger partial charge in [-0.25, -0.2) is 13.1 Å². The van der Waals surface area contributed by atoms with E-state index in [-0.39, 0.29) is 23.1 Å². The van der Waals surface area contributed by atoms with Crippen LogP contribution in [0.1, 0.15) is 0 Å². The molecule has 0 aromatic heterocycles. The molecule has 2 aromatic carbocycles. The fraction of sp³-hybridized carbons (Fsp3) is 0.143. The Kier molecular flexibility index (Phi) is 5.06. The Labute approximate surface area is 128 Å². The zero-order chi connectivity index (χ0) is 15.3. The van der Waals surface area contributed by atoms with Gasteiger partial charge in [0, 0.05) is 12.2 Å². The van der Waals surface area contributed by atoms with Gasteiger partial charge in [0.2, 0.25) is 10.0 Å². The molecule has 7 heteroatoms. The summed E-state index contributed by atoms with van der Waals surface area (Å²) in [5.41, 5.74) is 5.91. The number of hydrogen-bond acceptors (Lipinski definition) is 4. The zero-order valence-electron chi connectivity index (χ0n) is 11.1. The first-order chi connectivity index (χ1) is 9.99. The fourth-order valence-corrected chi connectivity index (χ4v) is 3.21. The number of ether oxygens (including phenoxy) is 1. The minimum Gasteiger partial charge on any atom is -0.492 e. The minimum absolute atomic E-state index is 0.0381. The largest absolute Gasteiger partial charge is 0.492 e. The number of anilines is 1. The van der Waals surface area contributed by atoms with E-state index in [1.807, 2.05) is 18.2 Å². The summed E-state index contributed by atoms with van der Waals surface area (Å²) in [5.74, 6) is 0.679. The Balaban J connectivity index is 1.94. The van der Waals surface area contributed by atoms with E-state index >= 15 is 0 Å². The van der Waals surface area contributed by atoms with Gasteiger partial charge in [-0.3, -0.25) is 0 Å². The van der Waals surface area contributed by atoms with Crippen molar-refractivity contribution >= 4 is 27.3 Å². The monoisotopic (exact) mass is 326 g/mol. The SMILES string of the molecule is Nc1ccc(Cl)c(S(=O)(=O)NCCOc2ccccc2)c1. The number of benzene rings is 2. The summed E-state index contributed by atoms with van der Waals surface area (Å²) in [6.07, 6.45) is 0. The predicted molar refractivity (Wildman–Crippen MR) is 83.0 cm³/mol. The smallest absolute Gasteiger partial charge is 0.242 e. The van der Waals surface area contributed by atoms with Crippen LogP contribution in [0, 0.1) is 0 Å². The summed E-state index contributed by atoms with van der Waals surface area (Å²) in [4.78, 5) is -0.0381. The minimum atomic E-state index is -3.71. The summed E-state index contributed by atoms with van der Waals surface area (Å²) in [6, 6.07) is 13.5. The van der Waals surface area contributed by atoms with E-state index in [9.17, 15) is 8.42 Å². The zero-order valence-corrected chi connectivity index (χ0v) is 12.7. The summed E-state index contributed by atoms with van der Waals surface area (Å²) < 4.78 is 32.0. The van der Waals surface area contributed by atoms with Crippen molar-refractivity contribution in [3.05, 3.63) is 53.6 Å². The van der Waals surface area contributed by atoms with Crippen LogP contribution in [0.5, 0.6) is 5.75 Å². The predicted octanol–water partition coefficient (Wildman–Crippen LogP) is 2.28. The van der Waals surface area contributed by atoms with Crippen molar-refractivity contribution in [1.82, 2.24) is 4.72 Å². The molecule has 0 fully saturated rings. The molecule has 0 radical (unpaired) electrons. The topological polar surface area (TPSA) is 81.4 Å². The van der Waals surface area contributed by atoms with Crippen LogP contribution in [0.2, 0.25) is 5.02 Å². The lowest BCUT2D eigenvalue weighted by Crippen LogP contribution is -2.28. The third kappa shape index (κ3) is 4.35. The molecule has 0 bridgehead atoms. The van der Waals surface area contributed by atoms with Crippen molar-refractivity contribution < 1.29 is 13.2 Å². The van der Waals surface area contributed by atoms with Gasteiger partial charge in [-0.2, -0.15) is 0 Å². The van der Waals surface area contributed by atoms with Crippen molar-refractivity contribution in [2.24, 2.45) is 0 Å². The average Bonchev–Trinajstić information content (AvgIpc) is 2.47. The van der Waals surface area contributed by atoms with Crippen LogP contribution in [0.3, 0.4) is 0 Å². The highest BCUT2D eigenvalue weighted by molar-refractivity contribution is 7.89. The summed E-state index contributed by atoms with van der Waals surface area (Å²) in [7, 11) is -3.71. The second-order valence-corrected chi connectivity index (χ2v) is 6.39. The van der Waals surface area contributed by atoms with E-state index in [0.717, 1.165) is 0 Å². The van der Waals surface area contributed by atoms with Gasteiger partial charge in [0.05, 0.1) is 5.02 Å². The van der Waals surface area contributed by atoms with Crippen LogP contribution in [0.4, 0.5) is 5.69 Å². The summed E-state index contributed by atoms with van der Waals surface area (Å²) in [6.45, 7) is 0.339. The van der Waals surface area contributed by atoms with E-state index in [0.29, 0.717) is 11.4 Å². The first-order valence-electron chi connectivity index (χ1n) is 6.21. The Morgan fingerprint density at radius 3 is 2.57 bits per heavy atom. The van der Waals surface area contributed by atoms with Gasteiger partial charge in [-0.15, -0.1) is 0 Å². The Morgan fingerprint density at radius 1 is 1.14 bits per heavy atom. The molecule has 3 N–H and O–H groups in total. The molecule has 5 nitrogen and oxygen atoms in total. The van der Waals surface area contributed by atoms with Crippen molar-refractivity contribution in [1.29, 1.82) is 0 Å². The van der Waals surface area contributed by atoms with Crippen molar-refractivity contribution in [2.45, 2.75) is 4.90 Å². The quantitative estimate of drug-likeness (QED) is 0.630. The maximum Gasteiger partial charge on any atom is 0.242 e. The Hall–Kier alpha value is -1.76. The molecular weight excluding hydrogens is 312 g/mol. The molecule has 0 unspecified atom stereocenters. The molecule has 0 aliphatic heterocycles. The van der Waals surface area contributed by atoms with Crippen LogP contribution in [0.15, 0.2) is 53.4 Å². The van der Waals surface area contributed by atoms with Crippen LogP contribution in [0.25, 0.3) is 0 Å². The van der Waals surface area contributed by atoms with E-state index in [1.54, 1.807) is 18.2 Å². The molecule has 112 valence electrons. The molecule has 0 saturated carbocycles. The highest BCUT2D eigenvalue weighted by Crippen LogP contribution is 2.23. The first-order valence-corrected chi connectivity index (χ1v) is 8.08. The van der Waals surface area contributed by atoms with Crippen LogP contribution in [-0.2, 0) is 10.0 Å². The lowest BCUT2D eigenvalue weighted by Gasteiger charge is -2.10. The number of para-hydroxylation sites is 1. The second kappa shape index (κ2) is 6.80. The molecule has 0 saturated heterocycles. The molecule has 0 heterocycles. The first kappa shape index (κ1) is 15.6. The number of nitrogens with one attached hydrogen (secondary N) is 1.